The highest BCUT2D eigenvalue weighted by atomic mass is 35.5. The molecule has 1 amide bonds. The van der Waals surface area contributed by atoms with E-state index in [1.165, 1.54) is 11.8 Å². The zero-order chi connectivity index (χ0) is 22.5. The average Bonchev–Trinajstić information content (AvgIpc) is 3.39. The fraction of sp³-hybridized carbons (Fsp3) is 0.208. The number of carbonyl (C=O) groups is 1. The van der Waals surface area contributed by atoms with Gasteiger partial charge in [0.1, 0.15) is 11.5 Å². The number of hydrogen-bond donors (Lipinski definition) is 0. The van der Waals surface area contributed by atoms with E-state index in [2.05, 4.69) is 22.3 Å². The number of carbonyl (C=O) groups excluding carboxylic acids is 1. The van der Waals surface area contributed by atoms with E-state index >= 15 is 0 Å². The fourth-order valence-corrected chi connectivity index (χ4v) is 4.25. The summed E-state index contributed by atoms with van der Waals surface area (Å²) in [6, 6.07) is 21.4. The van der Waals surface area contributed by atoms with E-state index in [-0.39, 0.29) is 11.7 Å². The number of halogens is 1. The molecule has 2 aromatic heterocycles. The van der Waals surface area contributed by atoms with Gasteiger partial charge in [0.15, 0.2) is 11.0 Å². The van der Waals surface area contributed by atoms with Crippen molar-refractivity contribution in [3.05, 3.63) is 88.8 Å². The summed E-state index contributed by atoms with van der Waals surface area (Å²) in [6.07, 6.45) is 0. The lowest BCUT2D eigenvalue weighted by atomic mass is 10.2. The minimum Gasteiger partial charge on any atom is -0.464 e. The third-order valence-corrected chi connectivity index (χ3v) is 6.15. The van der Waals surface area contributed by atoms with Crippen LogP contribution in [0.4, 0.5) is 0 Å². The summed E-state index contributed by atoms with van der Waals surface area (Å²) in [5, 5.41) is 10.2. The lowest BCUT2D eigenvalue weighted by molar-refractivity contribution is -0.127. The Morgan fingerprint density at radius 2 is 1.81 bits per heavy atom. The minimum atomic E-state index is -0.00800. The average molecular weight is 467 g/mol. The molecule has 164 valence electrons. The number of aromatic nitrogens is 3. The Morgan fingerprint density at radius 1 is 1.06 bits per heavy atom. The van der Waals surface area contributed by atoms with Gasteiger partial charge in [-0.3, -0.25) is 9.36 Å². The monoisotopic (exact) mass is 466 g/mol. The molecular formula is C24H23ClN4O2S. The molecule has 0 aliphatic carbocycles. The number of amides is 1. The van der Waals surface area contributed by atoms with Gasteiger partial charge in [-0.1, -0.05) is 53.7 Å². The molecule has 4 rings (SSSR count). The van der Waals surface area contributed by atoms with E-state index in [0.29, 0.717) is 23.3 Å². The molecule has 2 aromatic carbocycles. The van der Waals surface area contributed by atoms with Crippen LogP contribution in [0, 0.1) is 6.92 Å². The third kappa shape index (κ3) is 5.41. The van der Waals surface area contributed by atoms with Crippen LogP contribution in [0.1, 0.15) is 17.1 Å². The van der Waals surface area contributed by atoms with Crippen molar-refractivity contribution in [1.82, 2.24) is 19.7 Å². The first-order chi connectivity index (χ1) is 15.5. The molecule has 32 heavy (non-hydrogen) atoms. The van der Waals surface area contributed by atoms with Crippen molar-refractivity contribution in [3.63, 3.8) is 0 Å². The standard InChI is InChI=1S/C24H23ClN4O2S/c1-17-8-13-21(31-17)15-28(2)22(30)16-32-24-27-26-23(19-9-11-20(25)12-10-19)29(24)14-18-6-4-3-5-7-18/h3-13H,14-16H2,1-2H3. The lowest BCUT2D eigenvalue weighted by Gasteiger charge is -2.16. The van der Waals surface area contributed by atoms with Gasteiger partial charge in [-0.2, -0.15) is 0 Å². The van der Waals surface area contributed by atoms with Gasteiger partial charge < -0.3 is 9.32 Å². The fourth-order valence-electron chi connectivity index (χ4n) is 3.25. The molecule has 0 aliphatic heterocycles. The highest BCUT2D eigenvalue weighted by molar-refractivity contribution is 7.99. The van der Waals surface area contributed by atoms with Gasteiger partial charge in [0.05, 0.1) is 18.8 Å². The van der Waals surface area contributed by atoms with E-state index in [4.69, 9.17) is 16.0 Å². The van der Waals surface area contributed by atoms with Crippen LogP contribution in [0.5, 0.6) is 0 Å². The van der Waals surface area contributed by atoms with Gasteiger partial charge in [-0.25, -0.2) is 0 Å². The van der Waals surface area contributed by atoms with E-state index in [1.807, 2.05) is 66.1 Å². The summed E-state index contributed by atoms with van der Waals surface area (Å²) >= 11 is 7.43. The summed E-state index contributed by atoms with van der Waals surface area (Å²) in [5.41, 5.74) is 2.04. The lowest BCUT2D eigenvalue weighted by Crippen LogP contribution is -2.27. The normalized spacial score (nSPS) is 11.0. The maximum atomic E-state index is 12.7. The summed E-state index contributed by atoms with van der Waals surface area (Å²) < 4.78 is 7.61. The second-order valence-electron chi connectivity index (χ2n) is 7.44. The van der Waals surface area contributed by atoms with Gasteiger partial charge in [-0.05, 0) is 48.9 Å². The maximum absolute atomic E-state index is 12.7. The van der Waals surface area contributed by atoms with Crippen molar-refractivity contribution in [1.29, 1.82) is 0 Å². The Morgan fingerprint density at radius 3 is 2.50 bits per heavy atom. The first-order valence-electron chi connectivity index (χ1n) is 10.1. The van der Waals surface area contributed by atoms with Crippen molar-refractivity contribution in [2.75, 3.05) is 12.8 Å². The molecule has 0 saturated heterocycles. The molecule has 6 nitrogen and oxygen atoms in total. The van der Waals surface area contributed by atoms with Gasteiger partial charge in [0, 0.05) is 17.6 Å². The van der Waals surface area contributed by atoms with E-state index in [9.17, 15) is 4.79 Å². The predicted molar refractivity (Wildman–Crippen MR) is 127 cm³/mol. The van der Waals surface area contributed by atoms with Gasteiger partial charge in [0.25, 0.3) is 0 Å². The van der Waals surface area contributed by atoms with Crippen LogP contribution >= 0.6 is 23.4 Å². The Labute approximate surface area is 196 Å². The summed E-state index contributed by atoms with van der Waals surface area (Å²) in [5.74, 6) is 2.58. The molecule has 0 aliphatic rings. The second kappa shape index (κ2) is 10.1. The Hall–Kier alpha value is -3.03. The van der Waals surface area contributed by atoms with Crippen LogP contribution in [0.2, 0.25) is 5.02 Å². The molecule has 0 fully saturated rings. The van der Waals surface area contributed by atoms with Gasteiger partial charge in [0.2, 0.25) is 5.91 Å². The molecule has 0 bridgehead atoms. The van der Waals surface area contributed by atoms with Gasteiger partial charge in [-0.15, -0.1) is 10.2 Å². The molecule has 0 saturated carbocycles. The summed E-state index contributed by atoms with van der Waals surface area (Å²) in [4.78, 5) is 14.4. The number of thioether (sulfide) groups is 1. The van der Waals surface area contributed by atoms with Crippen LogP contribution in [-0.2, 0) is 17.9 Å². The Balaban J connectivity index is 1.52. The number of rotatable bonds is 8. The maximum Gasteiger partial charge on any atom is 0.233 e. The third-order valence-electron chi connectivity index (χ3n) is 4.94. The highest BCUT2D eigenvalue weighted by Crippen LogP contribution is 2.26. The Kier molecular flexibility index (Phi) is 6.97. The molecule has 0 N–H and O–H groups in total. The summed E-state index contributed by atoms with van der Waals surface area (Å²) in [6.45, 7) is 2.92. The minimum absolute atomic E-state index is 0.00800. The number of hydrogen-bond acceptors (Lipinski definition) is 5. The van der Waals surface area contributed by atoms with Crippen molar-refractivity contribution in [2.45, 2.75) is 25.2 Å². The van der Waals surface area contributed by atoms with Crippen LogP contribution in [-0.4, -0.2) is 38.4 Å². The quantitative estimate of drug-likeness (QED) is 0.330. The van der Waals surface area contributed by atoms with E-state index < -0.39 is 0 Å². The molecule has 2 heterocycles. The molecular weight excluding hydrogens is 444 g/mol. The van der Waals surface area contributed by atoms with Crippen LogP contribution in [0.3, 0.4) is 0 Å². The SMILES string of the molecule is Cc1ccc(CN(C)C(=O)CSc2nnc(-c3ccc(Cl)cc3)n2Cc2ccccc2)o1. The zero-order valence-electron chi connectivity index (χ0n) is 17.9. The number of benzene rings is 2. The van der Waals surface area contributed by atoms with Crippen LogP contribution in [0.15, 0.2) is 76.3 Å². The topological polar surface area (TPSA) is 64.2 Å². The second-order valence-corrected chi connectivity index (χ2v) is 8.81. The molecule has 0 unspecified atom stereocenters. The highest BCUT2D eigenvalue weighted by Gasteiger charge is 2.18. The van der Waals surface area contributed by atoms with E-state index in [1.54, 1.807) is 11.9 Å². The summed E-state index contributed by atoms with van der Waals surface area (Å²) in [7, 11) is 1.77. The first kappa shape index (κ1) is 22.2. The zero-order valence-corrected chi connectivity index (χ0v) is 19.4. The Bertz CT molecular complexity index is 1190. The first-order valence-corrected chi connectivity index (χ1v) is 11.5. The van der Waals surface area contributed by atoms with Crippen molar-refractivity contribution in [3.8, 4) is 11.4 Å². The molecule has 8 heteroatoms. The largest absolute Gasteiger partial charge is 0.464 e. The molecule has 0 radical (unpaired) electrons. The van der Waals surface area contributed by atoms with E-state index in [0.717, 1.165) is 28.5 Å². The molecule has 0 atom stereocenters. The molecule has 0 spiro atoms. The van der Waals surface area contributed by atoms with Crippen molar-refractivity contribution >= 4 is 29.3 Å². The number of aryl methyl sites for hydroxylation is 1. The molecule has 4 aromatic rings. The van der Waals surface area contributed by atoms with Crippen LogP contribution in [0.25, 0.3) is 11.4 Å². The van der Waals surface area contributed by atoms with Crippen LogP contribution < -0.4 is 0 Å². The smallest absolute Gasteiger partial charge is 0.233 e. The van der Waals surface area contributed by atoms with Crippen molar-refractivity contribution < 1.29 is 9.21 Å². The van der Waals surface area contributed by atoms with Gasteiger partial charge >= 0.3 is 0 Å². The predicted octanol–water partition coefficient (Wildman–Crippen LogP) is 5.30. The number of furan rings is 1. The number of nitrogens with zero attached hydrogens (tertiary/aromatic N) is 4. The van der Waals surface area contributed by atoms with Crippen molar-refractivity contribution in [2.24, 2.45) is 0 Å².